The Morgan fingerprint density at radius 2 is 2.33 bits per heavy atom. The van der Waals surface area contributed by atoms with E-state index >= 15 is 0 Å². The van der Waals surface area contributed by atoms with Gasteiger partial charge in [0.1, 0.15) is 6.07 Å². The van der Waals surface area contributed by atoms with Gasteiger partial charge in [-0.25, -0.2) is 9.78 Å². The number of benzene rings is 1. The first kappa shape index (κ1) is 10.7. The van der Waals surface area contributed by atoms with Crippen LogP contribution in [0.2, 0.25) is 0 Å². The van der Waals surface area contributed by atoms with Crippen molar-refractivity contribution in [1.29, 1.82) is 5.26 Å². The van der Waals surface area contributed by atoms with Crippen LogP contribution in [0, 0.1) is 11.3 Å². The van der Waals surface area contributed by atoms with Crippen LogP contribution in [0.4, 0.5) is 0 Å². The van der Waals surface area contributed by atoms with Crippen molar-refractivity contribution in [3.63, 3.8) is 0 Å². The van der Waals surface area contributed by atoms with E-state index in [1.54, 1.807) is 13.1 Å². The smallest absolute Gasteiger partial charge is 0.408 e. The molecule has 18 heavy (non-hydrogen) atoms. The molecule has 3 rings (SSSR count). The molecule has 3 aromatic rings. The Morgan fingerprint density at radius 1 is 1.50 bits per heavy atom. The van der Waals surface area contributed by atoms with Gasteiger partial charge in [-0.1, -0.05) is 0 Å². The molecule has 0 aliphatic carbocycles. The van der Waals surface area contributed by atoms with Crippen LogP contribution in [0.15, 0.2) is 32.8 Å². The molecule has 0 saturated carbocycles. The van der Waals surface area contributed by atoms with Gasteiger partial charge in [0.05, 0.1) is 11.2 Å². The molecule has 1 aromatic carbocycles. The predicted octanol–water partition coefficient (Wildman–Crippen LogP) is 2.13. The number of fused-ring (bicyclic) bond motifs is 1. The summed E-state index contributed by atoms with van der Waals surface area (Å²) in [4.78, 5) is 15.6. The van der Waals surface area contributed by atoms with Crippen molar-refractivity contribution in [3.05, 3.63) is 39.1 Å². The Bertz CT molecular complexity index is 835. The minimum absolute atomic E-state index is 0.391. The number of aryl methyl sites for hydroxylation is 1. The van der Waals surface area contributed by atoms with E-state index < -0.39 is 5.76 Å². The van der Waals surface area contributed by atoms with E-state index in [9.17, 15) is 4.79 Å². The average molecular weight is 257 g/mol. The Labute approximate surface area is 106 Å². The van der Waals surface area contributed by atoms with Gasteiger partial charge in [-0.3, -0.25) is 4.57 Å². The maximum Gasteiger partial charge on any atom is 0.419 e. The topological polar surface area (TPSA) is 71.8 Å². The molecular weight excluding hydrogens is 250 g/mol. The molecule has 0 saturated heterocycles. The molecule has 0 radical (unpaired) electrons. The summed E-state index contributed by atoms with van der Waals surface area (Å²) in [6.45, 7) is 0. The van der Waals surface area contributed by atoms with Gasteiger partial charge >= 0.3 is 5.76 Å². The fraction of sp³-hybridized carbons (Fsp3) is 0.0833. The second kappa shape index (κ2) is 3.82. The van der Waals surface area contributed by atoms with E-state index in [4.69, 9.17) is 9.68 Å². The highest BCUT2D eigenvalue weighted by molar-refractivity contribution is 7.10. The number of nitriles is 1. The molecule has 0 N–H and O–H groups in total. The van der Waals surface area contributed by atoms with Crippen molar-refractivity contribution >= 4 is 22.4 Å². The third-order valence-corrected chi connectivity index (χ3v) is 3.43. The monoisotopic (exact) mass is 257 g/mol. The zero-order valence-corrected chi connectivity index (χ0v) is 10.2. The van der Waals surface area contributed by atoms with Crippen LogP contribution in [0.3, 0.4) is 0 Å². The van der Waals surface area contributed by atoms with Gasteiger partial charge in [0.15, 0.2) is 10.6 Å². The lowest BCUT2D eigenvalue weighted by molar-refractivity contribution is 0.528. The van der Waals surface area contributed by atoms with Crippen LogP contribution in [0.25, 0.3) is 22.4 Å². The van der Waals surface area contributed by atoms with Crippen molar-refractivity contribution in [1.82, 2.24) is 9.55 Å². The molecule has 0 aliphatic heterocycles. The molecule has 2 heterocycles. The number of thiazole rings is 1. The highest BCUT2D eigenvalue weighted by Crippen LogP contribution is 2.25. The summed E-state index contributed by atoms with van der Waals surface area (Å²) in [5, 5.41) is 11.0. The van der Waals surface area contributed by atoms with Crippen molar-refractivity contribution in [2.45, 2.75) is 0 Å². The maximum atomic E-state index is 11.4. The summed E-state index contributed by atoms with van der Waals surface area (Å²) in [7, 11) is 1.65. The summed E-state index contributed by atoms with van der Waals surface area (Å²) < 4.78 is 6.49. The molecule has 0 unspecified atom stereocenters. The zero-order valence-electron chi connectivity index (χ0n) is 9.38. The molecule has 0 amide bonds. The SMILES string of the molecule is Cn1c(=O)oc2ccc(-c3csc(C#N)n3)cc21. The summed E-state index contributed by atoms with van der Waals surface area (Å²) in [6.07, 6.45) is 0. The minimum Gasteiger partial charge on any atom is -0.408 e. The molecule has 0 bridgehead atoms. The number of hydrogen-bond acceptors (Lipinski definition) is 5. The van der Waals surface area contributed by atoms with E-state index in [1.807, 2.05) is 23.6 Å². The normalized spacial score (nSPS) is 10.7. The summed E-state index contributed by atoms with van der Waals surface area (Å²) in [5.41, 5.74) is 2.84. The average Bonchev–Trinajstić information content (AvgIpc) is 2.96. The Kier molecular flexibility index (Phi) is 2.28. The largest absolute Gasteiger partial charge is 0.419 e. The van der Waals surface area contributed by atoms with Gasteiger partial charge in [0.2, 0.25) is 0 Å². The maximum absolute atomic E-state index is 11.4. The minimum atomic E-state index is -0.391. The summed E-state index contributed by atoms with van der Waals surface area (Å²) >= 11 is 1.29. The number of rotatable bonds is 1. The standard InChI is InChI=1S/C12H7N3O2S/c1-15-9-4-7(2-3-10(9)17-12(15)16)8-6-18-11(5-13)14-8/h2-4,6H,1H3. The van der Waals surface area contributed by atoms with Crippen LogP contribution in [0.1, 0.15) is 5.01 Å². The second-order valence-electron chi connectivity index (χ2n) is 3.76. The summed E-state index contributed by atoms with van der Waals surface area (Å²) in [5.74, 6) is -0.391. The molecular formula is C12H7N3O2S. The van der Waals surface area contributed by atoms with Gasteiger partial charge in [-0.15, -0.1) is 11.3 Å². The second-order valence-corrected chi connectivity index (χ2v) is 4.62. The molecule has 0 spiro atoms. The molecule has 5 nitrogen and oxygen atoms in total. The third kappa shape index (κ3) is 1.53. The lowest BCUT2D eigenvalue weighted by Gasteiger charge is -1.97. The molecule has 0 atom stereocenters. The first-order chi connectivity index (χ1) is 8.69. The highest BCUT2D eigenvalue weighted by Gasteiger charge is 2.09. The van der Waals surface area contributed by atoms with E-state index in [-0.39, 0.29) is 0 Å². The predicted molar refractivity (Wildman–Crippen MR) is 67.3 cm³/mol. The Balaban J connectivity index is 2.21. The van der Waals surface area contributed by atoms with Gasteiger partial charge < -0.3 is 4.42 Å². The van der Waals surface area contributed by atoms with Crippen molar-refractivity contribution in [2.24, 2.45) is 7.05 Å². The lowest BCUT2D eigenvalue weighted by atomic mass is 10.1. The van der Waals surface area contributed by atoms with Gasteiger partial charge in [-0.05, 0) is 18.2 Å². The molecule has 0 fully saturated rings. The number of oxazole rings is 1. The zero-order chi connectivity index (χ0) is 12.7. The van der Waals surface area contributed by atoms with E-state index in [2.05, 4.69) is 4.98 Å². The number of aromatic nitrogens is 2. The lowest BCUT2D eigenvalue weighted by Crippen LogP contribution is -2.08. The van der Waals surface area contributed by atoms with Gasteiger partial charge in [-0.2, -0.15) is 5.26 Å². The van der Waals surface area contributed by atoms with Crippen molar-refractivity contribution in [2.75, 3.05) is 0 Å². The highest BCUT2D eigenvalue weighted by atomic mass is 32.1. The van der Waals surface area contributed by atoms with Crippen LogP contribution < -0.4 is 5.76 Å². The van der Waals surface area contributed by atoms with Crippen LogP contribution in [0.5, 0.6) is 0 Å². The van der Waals surface area contributed by atoms with Crippen LogP contribution in [-0.4, -0.2) is 9.55 Å². The first-order valence-corrected chi connectivity index (χ1v) is 6.02. The fourth-order valence-electron chi connectivity index (χ4n) is 1.74. The van der Waals surface area contributed by atoms with E-state index in [0.717, 1.165) is 11.3 Å². The van der Waals surface area contributed by atoms with Crippen LogP contribution in [-0.2, 0) is 7.05 Å². The first-order valence-electron chi connectivity index (χ1n) is 5.14. The van der Waals surface area contributed by atoms with Crippen LogP contribution >= 0.6 is 11.3 Å². The van der Waals surface area contributed by atoms with E-state index in [1.165, 1.54) is 15.9 Å². The Hall–Kier alpha value is -2.39. The third-order valence-electron chi connectivity index (χ3n) is 2.69. The molecule has 0 aliphatic rings. The van der Waals surface area contributed by atoms with E-state index in [0.29, 0.717) is 16.1 Å². The molecule has 2 aromatic heterocycles. The van der Waals surface area contributed by atoms with Crippen molar-refractivity contribution in [3.8, 4) is 17.3 Å². The number of nitrogens with zero attached hydrogens (tertiary/aromatic N) is 3. The Morgan fingerprint density at radius 3 is 3.06 bits per heavy atom. The summed E-state index contributed by atoms with van der Waals surface area (Å²) in [6, 6.07) is 7.39. The number of hydrogen-bond donors (Lipinski definition) is 0. The quantitative estimate of drug-likeness (QED) is 0.669. The molecule has 6 heteroatoms. The van der Waals surface area contributed by atoms with Gasteiger partial charge in [0.25, 0.3) is 0 Å². The fourth-order valence-corrected chi connectivity index (χ4v) is 2.36. The van der Waals surface area contributed by atoms with Gasteiger partial charge in [0, 0.05) is 18.0 Å². The molecule has 88 valence electrons. The van der Waals surface area contributed by atoms with Crippen molar-refractivity contribution < 1.29 is 4.42 Å².